The van der Waals surface area contributed by atoms with E-state index in [9.17, 15) is 10.2 Å². The number of hydrogen-bond acceptors (Lipinski definition) is 4. The number of hydrogen-bond donors (Lipinski definition) is 2. The number of rotatable bonds is 3. The van der Waals surface area contributed by atoms with Gasteiger partial charge in [-0.3, -0.25) is 0 Å². The molecular formula is C18H18O4. The van der Waals surface area contributed by atoms with Gasteiger partial charge in [-0.25, -0.2) is 0 Å². The highest BCUT2D eigenvalue weighted by molar-refractivity contribution is 5.45. The molecule has 2 N–H and O–H groups in total. The van der Waals surface area contributed by atoms with Gasteiger partial charge >= 0.3 is 0 Å². The first-order valence-electron chi connectivity index (χ1n) is 7.26. The Bertz CT molecular complexity index is 706. The summed E-state index contributed by atoms with van der Waals surface area (Å²) in [7, 11) is 0. The molecule has 1 aliphatic heterocycles. The highest BCUT2D eigenvalue weighted by atomic mass is 16.5. The molecule has 0 saturated heterocycles. The van der Waals surface area contributed by atoms with Crippen molar-refractivity contribution < 1.29 is 19.7 Å². The van der Waals surface area contributed by atoms with Gasteiger partial charge in [-0.1, -0.05) is 12.1 Å². The van der Waals surface area contributed by atoms with Gasteiger partial charge in [0.1, 0.15) is 29.1 Å². The summed E-state index contributed by atoms with van der Waals surface area (Å²) in [5, 5.41) is 19.8. The first-order chi connectivity index (χ1) is 10.7. The molecule has 0 aliphatic carbocycles. The molecule has 2 aromatic carbocycles. The minimum Gasteiger partial charge on any atom is -0.508 e. The molecule has 114 valence electrons. The normalized spacial score (nSPS) is 17.0. The van der Waals surface area contributed by atoms with Gasteiger partial charge in [-0.05, 0) is 43.5 Å². The van der Waals surface area contributed by atoms with E-state index >= 15 is 0 Å². The average molecular weight is 298 g/mol. The molecule has 0 saturated carbocycles. The fourth-order valence-corrected chi connectivity index (χ4v) is 2.59. The third-order valence-corrected chi connectivity index (χ3v) is 3.68. The van der Waals surface area contributed by atoms with Crippen LogP contribution in [0.25, 0.3) is 0 Å². The third-order valence-electron chi connectivity index (χ3n) is 3.68. The SMILES string of the molecule is CC=COc1ccc(C2CCc3ccc(O)cc3O2)c(O)c1. The van der Waals surface area contributed by atoms with Crippen LogP contribution in [0.5, 0.6) is 23.0 Å². The molecule has 0 fully saturated rings. The Balaban J connectivity index is 1.83. The number of aryl methyl sites for hydroxylation is 1. The monoisotopic (exact) mass is 298 g/mol. The Morgan fingerprint density at radius 2 is 2.05 bits per heavy atom. The maximum Gasteiger partial charge on any atom is 0.130 e. The lowest BCUT2D eigenvalue weighted by Gasteiger charge is -2.27. The number of phenols is 2. The van der Waals surface area contributed by atoms with Gasteiger partial charge in [0.2, 0.25) is 0 Å². The largest absolute Gasteiger partial charge is 0.508 e. The third kappa shape index (κ3) is 2.86. The molecule has 3 rings (SSSR count). The second-order valence-corrected chi connectivity index (χ2v) is 5.25. The van der Waals surface area contributed by atoms with Crippen molar-refractivity contribution in [2.45, 2.75) is 25.9 Å². The zero-order valence-electron chi connectivity index (χ0n) is 12.3. The summed E-state index contributed by atoms with van der Waals surface area (Å²) in [5.41, 5.74) is 1.79. The lowest BCUT2D eigenvalue weighted by molar-refractivity contribution is 0.172. The standard InChI is InChI=1S/C18H18O4/c1-2-9-21-14-6-7-15(16(20)11-14)17-8-4-12-3-5-13(19)10-18(12)22-17/h2-3,5-7,9-11,17,19-20H,4,8H2,1H3. The number of benzene rings is 2. The highest BCUT2D eigenvalue weighted by Crippen LogP contribution is 2.40. The van der Waals surface area contributed by atoms with Crippen molar-refractivity contribution in [3.8, 4) is 23.0 Å². The van der Waals surface area contributed by atoms with Crippen LogP contribution in [0.1, 0.15) is 30.6 Å². The van der Waals surface area contributed by atoms with Crippen molar-refractivity contribution in [1.82, 2.24) is 0 Å². The maximum atomic E-state index is 10.2. The summed E-state index contributed by atoms with van der Waals surface area (Å²) < 4.78 is 11.3. The van der Waals surface area contributed by atoms with Crippen LogP contribution in [0, 0.1) is 0 Å². The quantitative estimate of drug-likeness (QED) is 0.838. The Kier molecular flexibility index (Phi) is 3.92. The molecule has 0 radical (unpaired) electrons. The van der Waals surface area contributed by atoms with E-state index in [0.717, 1.165) is 24.0 Å². The van der Waals surface area contributed by atoms with Gasteiger partial charge in [0.25, 0.3) is 0 Å². The van der Waals surface area contributed by atoms with Crippen molar-refractivity contribution in [1.29, 1.82) is 0 Å². The van der Waals surface area contributed by atoms with Crippen LogP contribution in [-0.4, -0.2) is 10.2 Å². The zero-order valence-corrected chi connectivity index (χ0v) is 12.3. The smallest absolute Gasteiger partial charge is 0.130 e. The van der Waals surface area contributed by atoms with Crippen LogP contribution in [0.15, 0.2) is 48.7 Å². The Morgan fingerprint density at radius 3 is 2.82 bits per heavy atom. The predicted octanol–water partition coefficient (Wildman–Crippen LogP) is 4.08. The predicted molar refractivity (Wildman–Crippen MR) is 83.3 cm³/mol. The van der Waals surface area contributed by atoms with E-state index in [4.69, 9.17) is 9.47 Å². The highest BCUT2D eigenvalue weighted by Gasteiger charge is 2.24. The molecule has 0 amide bonds. The molecule has 22 heavy (non-hydrogen) atoms. The van der Waals surface area contributed by atoms with E-state index in [-0.39, 0.29) is 17.6 Å². The van der Waals surface area contributed by atoms with Gasteiger partial charge in [0, 0.05) is 17.7 Å². The molecule has 0 spiro atoms. The van der Waals surface area contributed by atoms with Crippen LogP contribution in [0.4, 0.5) is 0 Å². The summed E-state index contributed by atoms with van der Waals surface area (Å²) in [6, 6.07) is 10.3. The summed E-state index contributed by atoms with van der Waals surface area (Å²) in [5.74, 6) is 1.58. The molecular weight excluding hydrogens is 280 g/mol. The van der Waals surface area contributed by atoms with E-state index in [0.29, 0.717) is 11.5 Å². The van der Waals surface area contributed by atoms with Crippen molar-refractivity contribution in [2.75, 3.05) is 0 Å². The summed E-state index contributed by atoms with van der Waals surface area (Å²) in [6.45, 7) is 1.86. The zero-order chi connectivity index (χ0) is 15.5. The fraction of sp³-hybridized carbons (Fsp3) is 0.222. The Morgan fingerprint density at radius 1 is 1.18 bits per heavy atom. The lowest BCUT2D eigenvalue weighted by Crippen LogP contribution is -2.15. The average Bonchev–Trinajstić information content (AvgIpc) is 2.52. The number of fused-ring (bicyclic) bond motifs is 1. The molecule has 2 aromatic rings. The van der Waals surface area contributed by atoms with Gasteiger partial charge in [-0.2, -0.15) is 0 Å². The molecule has 1 atom stereocenters. The van der Waals surface area contributed by atoms with Gasteiger partial charge in [-0.15, -0.1) is 0 Å². The maximum absolute atomic E-state index is 10.2. The first kappa shape index (κ1) is 14.3. The van der Waals surface area contributed by atoms with E-state index in [2.05, 4.69) is 0 Å². The lowest BCUT2D eigenvalue weighted by atomic mass is 9.96. The summed E-state index contributed by atoms with van der Waals surface area (Å²) >= 11 is 0. The Hall–Kier alpha value is -2.62. The molecule has 4 nitrogen and oxygen atoms in total. The van der Waals surface area contributed by atoms with Gasteiger partial charge < -0.3 is 19.7 Å². The van der Waals surface area contributed by atoms with E-state index in [1.165, 1.54) is 0 Å². The van der Waals surface area contributed by atoms with Crippen LogP contribution in [-0.2, 0) is 6.42 Å². The molecule has 1 unspecified atom stereocenters. The number of aromatic hydroxyl groups is 2. The number of phenolic OH excluding ortho intramolecular Hbond substituents is 2. The van der Waals surface area contributed by atoms with E-state index in [1.807, 2.05) is 19.1 Å². The van der Waals surface area contributed by atoms with Crippen molar-refractivity contribution >= 4 is 0 Å². The van der Waals surface area contributed by atoms with Crippen LogP contribution in [0.3, 0.4) is 0 Å². The minimum absolute atomic E-state index is 0.149. The first-order valence-corrected chi connectivity index (χ1v) is 7.26. The topological polar surface area (TPSA) is 58.9 Å². The Labute approximate surface area is 129 Å². The van der Waals surface area contributed by atoms with Crippen LogP contribution < -0.4 is 9.47 Å². The van der Waals surface area contributed by atoms with E-state index < -0.39 is 0 Å². The van der Waals surface area contributed by atoms with Gasteiger partial charge in [0.05, 0.1) is 6.26 Å². The summed E-state index contributed by atoms with van der Waals surface area (Å²) in [4.78, 5) is 0. The second-order valence-electron chi connectivity index (χ2n) is 5.25. The fourth-order valence-electron chi connectivity index (χ4n) is 2.59. The van der Waals surface area contributed by atoms with Crippen molar-refractivity contribution in [3.63, 3.8) is 0 Å². The summed E-state index contributed by atoms with van der Waals surface area (Å²) in [6.07, 6.45) is 4.73. The number of ether oxygens (including phenoxy) is 2. The van der Waals surface area contributed by atoms with Gasteiger partial charge in [0.15, 0.2) is 0 Å². The van der Waals surface area contributed by atoms with Crippen LogP contribution >= 0.6 is 0 Å². The van der Waals surface area contributed by atoms with Crippen molar-refractivity contribution in [3.05, 3.63) is 59.9 Å². The number of allylic oxidation sites excluding steroid dienone is 1. The van der Waals surface area contributed by atoms with Crippen LogP contribution in [0.2, 0.25) is 0 Å². The molecule has 4 heteroatoms. The van der Waals surface area contributed by atoms with E-state index in [1.54, 1.807) is 36.6 Å². The molecule has 0 bridgehead atoms. The molecule has 1 heterocycles. The second kappa shape index (κ2) is 6.02. The molecule has 1 aliphatic rings. The minimum atomic E-state index is -0.231. The molecule has 0 aromatic heterocycles. The van der Waals surface area contributed by atoms with Crippen molar-refractivity contribution in [2.24, 2.45) is 0 Å².